The lowest BCUT2D eigenvalue weighted by Crippen LogP contribution is -2.47. The first-order valence-corrected chi connectivity index (χ1v) is 8.28. The number of aromatic nitrogens is 2. The second-order valence-electron chi connectivity index (χ2n) is 6.49. The van der Waals surface area contributed by atoms with Gasteiger partial charge in [-0.3, -0.25) is 24.7 Å². The summed E-state index contributed by atoms with van der Waals surface area (Å²) in [5.74, 6) is 1.30. The van der Waals surface area contributed by atoms with Crippen LogP contribution in [0.15, 0.2) is 17.4 Å². The second kappa shape index (κ2) is 8.09. The van der Waals surface area contributed by atoms with Gasteiger partial charge in [0.1, 0.15) is 12.4 Å². The molecule has 0 radical (unpaired) electrons. The summed E-state index contributed by atoms with van der Waals surface area (Å²) in [5.41, 5.74) is 0.00562. The fraction of sp³-hybridized carbons (Fsp3) is 0.733. The minimum atomic E-state index is -0.445. The zero-order valence-electron chi connectivity index (χ0n) is 14.8. The maximum atomic E-state index is 10.6. The monoisotopic (exact) mass is 337 g/mol. The number of aliphatic imine (C=N–C) groups is 1. The van der Waals surface area contributed by atoms with Gasteiger partial charge >= 0.3 is 5.69 Å². The fourth-order valence-electron chi connectivity index (χ4n) is 2.84. The highest BCUT2D eigenvalue weighted by molar-refractivity contribution is 5.80. The summed E-state index contributed by atoms with van der Waals surface area (Å²) in [7, 11) is 1.74. The molecular weight excluding hydrogens is 310 g/mol. The lowest BCUT2D eigenvalue weighted by molar-refractivity contribution is -0.385. The summed E-state index contributed by atoms with van der Waals surface area (Å²) >= 11 is 0. The quantitative estimate of drug-likeness (QED) is 0.343. The van der Waals surface area contributed by atoms with Gasteiger partial charge in [0.15, 0.2) is 5.96 Å². The van der Waals surface area contributed by atoms with Crippen LogP contribution < -0.4 is 10.6 Å². The predicted octanol–water partition coefficient (Wildman–Crippen LogP) is 0.685. The Balaban J connectivity index is 1.79. The molecule has 0 saturated carbocycles. The van der Waals surface area contributed by atoms with Crippen LogP contribution in [0.5, 0.6) is 0 Å². The van der Waals surface area contributed by atoms with E-state index >= 15 is 0 Å². The van der Waals surface area contributed by atoms with Crippen LogP contribution in [0.1, 0.15) is 20.8 Å². The first-order chi connectivity index (χ1) is 11.4. The van der Waals surface area contributed by atoms with Crippen molar-refractivity contribution in [2.24, 2.45) is 10.9 Å². The molecule has 1 saturated heterocycles. The number of rotatable bonds is 6. The standard InChI is InChI=1S/C15H27N7O2/c1-11(2)20-8-12(3)14(10-20)19-15(16-4)17-5-6-21-9-13(7-18-21)22(23)24/h7,9,11-12,14H,5-6,8,10H2,1-4H3,(H2,16,17,19). The number of guanidine groups is 1. The van der Waals surface area contributed by atoms with Crippen LogP contribution in [-0.4, -0.2) is 64.3 Å². The minimum absolute atomic E-state index is 0.00562. The van der Waals surface area contributed by atoms with E-state index in [1.54, 1.807) is 11.7 Å². The number of nitrogens with one attached hydrogen (secondary N) is 2. The van der Waals surface area contributed by atoms with Crippen LogP contribution in [-0.2, 0) is 6.54 Å². The molecule has 0 spiro atoms. The fourth-order valence-corrected chi connectivity index (χ4v) is 2.84. The molecule has 0 aromatic carbocycles. The number of hydrogen-bond donors (Lipinski definition) is 2. The lowest BCUT2D eigenvalue weighted by atomic mass is 10.1. The largest absolute Gasteiger partial charge is 0.355 e. The highest BCUT2D eigenvalue weighted by atomic mass is 16.6. The molecule has 0 amide bonds. The molecule has 1 fully saturated rings. The van der Waals surface area contributed by atoms with E-state index in [0.717, 1.165) is 19.0 Å². The molecule has 24 heavy (non-hydrogen) atoms. The summed E-state index contributed by atoms with van der Waals surface area (Å²) in [6.07, 6.45) is 2.69. The molecular formula is C15H27N7O2. The SMILES string of the molecule is CN=C(NCCn1cc([N+](=O)[O-])cn1)NC1CN(C(C)C)CC1C. The van der Waals surface area contributed by atoms with Crippen LogP contribution >= 0.6 is 0 Å². The van der Waals surface area contributed by atoms with Crippen molar-refractivity contribution in [3.8, 4) is 0 Å². The second-order valence-corrected chi connectivity index (χ2v) is 6.49. The van der Waals surface area contributed by atoms with Crippen molar-refractivity contribution in [3.63, 3.8) is 0 Å². The third kappa shape index (κ3) is 4.67. The van der Waals surface area contributed by atoms with Crippen LogP contribution in [0, 0.1) is 16.0 Å². The smallest absolute Gasteiger partial charge is 0.306 e. The molecule has 134 valence electrons. The van der Waals surface area contributed by atoms with E-state index in [4.69, 9.17) is 0 Å². The van der Waals surface area contributed by atoms with Gasteiger partial charge in [0.25, 0.3) is 0 Å². The van der Waals surface area contributed by atoms with Crippen molar-refractivity contribution in [2.75, 3.05) is 26.7 Å². The number of nitro groups is 1. The summed E-state index contributed by atoms with van der Waals surface area (Å²) < 4.78 is 1.55. The topological polar surface area (TPSA) is 101 Å². The van der Waals surface area contributed by atoms with Gasteiger partial charge in [0, 0.05) is 38.8 Å². The third-order valence-electron chi connectivity index (χ3n) is 4.38. The third-order valence-corrected chi connectivity index (χ3v) is 4.38. The molecule has 1 aromatic heterocycles. The molecule has 1 aliphatic rings. The average Bonchev–Trinajstić information content (AvgIpc) is 3.14. The van der Waals surface area contributed by atoms with Gasteiger partial charge in [-0.15, -0.1) is 0 Å². The van der Waals surface area contributed by atoms with E-state index < -0.39 is 4.92 Å². The summed E-state index contributed by atoms with van der Waals surface area (Å²) in [5, 5.41) is 21.3. The molecule has 0 bridgehead atoms. The maximum Gasteiger partial charge on any atom is 0.306 e. The highest BCUT2D eigenvalue weighted by Gasteiger charge is 2.31. The number of likely N-dealkylation sites (tertiary alicyclic amines) is 1. The Hall–Kier alpha value is -2.16. The van der Waals surface area contributed by atoms with Crippen LogP contribution in [0.3, 0.4) is 0 Å². The molecule has 1 aliphatic heterocycles. The molecule has 2 rings (SSSR count). The minimum Gasteiger partial charge on any atom is -0.355 e. The molecule has 2 N–H and O–H groups in total. The Kier molecular flexibility index (Phi) is 6.13. The lowest BCUT2D eigenvalue weighted by Gasteiger charge is -2.21. The van der Waals surface area contributed by atoms with Gasteiger partial charge in [0.2, 0.25) is 0 Å². The van der Waals surface area contributed by atoms with Crippen LogP contribution in [0.2, 0.25) is 0 Å². The van der Waals surface area contributed by atoms with Crippen LogP contribution in [0.4, 0.5) is 5.69 Å². The molecule has 1 aromatic rings. The van der Waals surface area contributed by atoms with Gasteiger partial charge in [-0.25, -0.2) is 0 Å². The molecule has 9 heteroatoms. The normalized spacial score (nSPS) is 22.1. The molecule has 0 aliphatic carbocycles. The van der Waals surface area contributed by atoms with Crippen molar-refractivity contribution >= 4 is 11.6 Å². The molecule has 2 unspecified atom stereocenters. The van der Waals surface area contributed by atoms with E-state index in [-0.39, 0.29) is 5.69 Å². The Morgan fingerprint density at radius 2 is 2.29 bits per heavy atom. The maximum absolute atomic E-state index is 10.6. The number of hydrogen-bond acceptors (Lipinski definition) is 5. The van der Waals surface area contributed by atoms with E-state index in [9.17, 15) is 10.1 Å². The van der Waals surface area contributed by atoms with Gasteiger partial charge < -0.3 is 10.6 Å². The van der Waals surface area contributed by atoms with Gasteiger partial charge in [0.05, 0.1) is 11.5 Å². The van der Waals surface area contributed by atoms with E-state index in [2.05, 4.69) is 46.4 Å². The first kappa shape index (κ1) is 18.2. The Labute approximate surface area is 142 Å². The van der Waals surface area contributed by atoms with Crippen molar-refractivity contribution < 1.29 is 4.92 Å². The summed E-state index contributed by atoms with van der Waals surface area (Å²) in [4.78, 5) is 16.9. The van der Waals surface area contributed by atoms with Gasteiger partial charge in [-0.05, 0) is 19.8 Å². The predicted molar refractivity (Wildman–Crippen MR) is 93.0 cm³/mol. The Bertz CT molecular complexity index is 584. The Morgan fingerprint density at radius 1 is 1.54 bits per heavy atom. The van der Waals surface area contributed by atoms with Gasteiger partial charge in [-0.2, -0.15) is 5.10 Å². The average molecular weight is 337 g/mol. The molecule has 2 atom stereocenters. The van der Waals surface area contributed by atoms with Crippen molar-refractivity contribution in [1.82, 2.24) is 25.3 Å². The van der Waals surface area contributed by atoms with E-state index in [0.29, 0.717) is 31.1 Å². The van der Waals surface area contributed by atoms with Crippen molar-refractivity contribution in [3.05, 3.63) is 22.5 Å². The van der Waals surface area contributed by atoms with Crippen molar-refractivity contribution in [1.29, 1.82) is 0 Å². The Morgan fingerprint density at radius 3 is 2.83 bits per heavy atom. The first-order valence-electron chi connectivity index (χ1n) is 8.28. The molecule has 9 nitrogen and oxygen atoms in total. The zero-order valence-corrected chi connectivity index (χ0v) is 14.8. The summed E-state index contributed by atoms with van der Waals surface area (Å²) in [6, 6.07) is 0.911. The van der Waals surface area contributed by atoms with E-state index in [1.807, 2.05) is 0 Å². The highest BCUT2D eigenvalue weighted by Crippen LogP contribution is 2.18. The number of nitrogens with zero attached hydrogens (tertiary/aromatic N) is 5. The van der Waals surface area contributed by atoms with Crippen LogP contribution in [0.25, 0.3) is 0 Å². The van der Waals surface area contributed by atoms with Gasteiger partial charge in [-0.1, -0.05) is 6.92 Å². The van der Waals surface area contributed by atoms with Crippen molar-refractivity contribution in [2.45, 2.75) is 39.4 Å². The zero-order chi connectivity index (χ0) is 17.7. The molecule has 2 heterocycles. The van der Waals surface area contributed by atoms with E-state index in [1.165, 1.54) is 12.4 Å². The summed E-state index contributed by atoms with van der Waals surface area (Å²) in [6.45, 7) is 9.89.